The number of nitrogens with zero attached hydrogens (tertiary/aromatic N) is 3. The first kappa shape index (κ1) is 17.6. The molecule has 0 bridgehead atoms. The SMILES string of the molecule is C=CCSc1nnc(N2C(=O)C[C@H](c3cccs3)C3=C2CCCC3=O)s1. The minimum absolute atomic E-state index is 0.00623. The highest BCUT2D eigenvalue weighted by atomic mass is 32.2. The molecule has 0 saturated heterocycles. The van der Waals surface area contributed by atoms with E-state index in [1.54, 1.807) is 28.0 Å². The average molecular weight is 404 g/mol. The summed E-state index contributed by atoms with van der Waals surface area (Å²) in [5.74, 6) is 0.778. The van der Waals surface area contributed by atoms with Gasteiger partial charge in [-0.05, 0) is 24.3 Å². The summed E-state index contributed by atoms with van der Waals surface area (Å²) < 4.78 is 0.803. The van der Waals surface area contributed by atoms with Crippen LogP contribution in [0.4, 0.5) is 5.13 Å². The Hall–Kier alpha value is -1.77. The number of amides is 1. The van der Waals surface area contributed by atoms with E-state index >= 15 is 0 Å². The largest absolute Gasteiger partial charge is 0.294 e. The molecule has 5 nitrogen and oxygen atoms in total. The van der Waals surface area contributed by atoms with Crippen LogP contribution >= 0.6 is 34.4 Å². The van der Waals surface area contributed by atoms with Crippen LogP contribution in [-0.4, -0.2) is 27.6 Å². The fraction of sp³-hybridized carbons (Fsp3) is 0.333. The zero-order valence-corrected chi connectivity index (χ0v) is 16.5. The number of ketones is 1. The molecule has 134 valence electrons. The summed E-state index contributed by atoms with van der Waals surface area (Å²) in [6, 6.07) is 3.98. The van der Waals surface area contributed by atoms with Crippen LogP contribution in [0.2, 0.25) is 0 Å². The van der Waals surface area contributed by atoms with E-state index in [0.29, 0.717) is 18.0 Å². The van der Waals surface area contributed by atoms with Gasteiger partial charge in [-0.2, -0.15) is 0 Å². The van der Waals surface area contributed by atoms with Gasteiger partial charge < -0.3 is 0 Å². The normalized spacial score (nSPS) is 20.5. The lowest BCUT2D eigenvalue weighted by Crippen LogP contribution is -2.40. The minimum Gasteiger partial charge on any atom is -0.294 e. The van der Waals surface area contributed by atoms with Crippen molar-refractivity contribution in [1.82, 2.24) is 10.2 Å². The van der Waals surface area contributed by atoms with Crippen LogP contribution in [0, 0.1) is 0 Å². The van der Waals surface area contributed by atoms with Gasteiger partial charge in [0.05, 0.1) is 0 Å². The molecular weight excluding hydrogens is 386 g/mol. The van der Waals surface area contributed by atoms with Crippen molar-refractivity contribution < 1.29 is 9.59 Å². The Labute approximate surface area is 163 Å². The molecule has 26 heavy (non-hydrogen) atoms. The fourth-order valence-electron chi connectivity index (χ4n) is 3.43. The van der Waals surface area contributed by atoms with Crippen molar-refractivity contribution in [1.29, 1.82) is 0 Å². The molecule has 0 saturated carbocycles. The molecule has 8 heteroatoms. The Bertz CT molecular complexity index is 885. The summed E-state index contributed by atoms with van der Waals surface area (Å²) in [5.41, 5.74) is 1.63. The number of carbonyl (C=O) groups excluding carboxylic acids is 2. The van der Waals surface area contributed by atoms with E-state index in [1.165, 1.54) is 11.3 Å². The molecule has 0 N–H and O–H groups in total. The van der Waals surface area contributed by atoms with E-state index in [-0.39, 0.29) is 17.6 Å². The number of Topliss-reactive ketones (excluding diaryl/α,β-unsaturated/α-hetero) is 1. The third kappa shape index (κ3) is 3.17. The molecule has 0 unspecified atom stereocenters. The van der Waals surface area contributed by atoms with Gasteiger partial charge in [0.25, 0.3) is 0 Å². The fourth-order valence-corrected chi connectivity index (χ4v) is 5.91. The number of hydrogen-bond acceptors (Lipinski definition) is 7. The first-order valence-electron chi connectivity index (χ1n) is 8.39. The quantitative estimate of drug-likeness (QED) is 0.420. The summed E-state index contributed by atoms with van der Waals surface area (Å²) in [4.78, 5) is 28.4. The summed E-state index contributed by atoms with van der Waals surface area (Å²) in [5, 5.41) is 11.0. The summed E-state index contributed by atoms with van der Waals surface area (Å²) in [6.07, 6.45) is 4.17. The van der Waals surface area contributed by atoms with Gasteiger partial charge in [-0.1, -0.05) is 35.2 Å². The lowest BCUT2D eigenvalue weighted by atomic mass is 9.80. The standard InChI is InChI=1S/C18H17N3O2S3/c1-2-8-25-18-20-19-17(26-18)21-12-5-3-6-13(22)16(12)11(10-15(21)23)14-7-4-9-24-14/h2,4,7,9,11H,1,3,5-6,8,10H2/t11-/m1/s1. The Balaban J connectivity index is 1.75. The maximum absolute atomic E-state index is 13.0. The van der Waals surface area contributed by atoms with Crippen LogP contribution in [0.1, 0.15) is 36.5 Å². The monoisotopic (exact) mass is 403 g/mol. The topological polar surface area (TPSA) is 63.2 Å². The maximum atomic E-state index is 13.0. The highest BCUT2D eigenvalue weighted by Gasteiger charge is 2.41. The van der Waals surface area contributed by atoms with Gasteiger partial charge in [0.2, 0.25) is 11.0 Å². The van der Waals surface area contributed by atoms with Gasteiger partial charge in [0.1, 0.15) is 0 Å². The molecule has 0 spiro atoms. The maximum Gasteiger partial charge on any atom is 0.234 e. The highest BCUT2D eigenvalue weighted by molar-refractivity contribution is 8.01. The third-order valence-corrected chi connectivity index (χ3v) is 7.50. The molecule has 2 aliphatic rings. The first-order chi connectivity index (χ1) is 12.7. The predicted octanol–water partition coefficient (Wildman–Crippen LogP) is 4.41. The summed E-state index contributed by atoms with van der Waals surface area (Å²) in [6.45, 7) is 3.71. The molecule has 4 rings (SSSR count). The Morgan fingerprint density at radius 1 is 1.35 bits per heavy atom. The van der Waals surface area contributed by atoms with Crippen molar-refractivity contribution in [3.8, 4) is 0 Å². The van der Waals surface area contributed by atoms with E-state index in [2.05, 4.69) is 16.8 Å². The van der Waals surface area contributed by atoms with Crippen molar-refractivity contribution in [3.05, 3.63) is 46.3 Å². The van der Waals surface area contributed by atoms with Crippen LogP contribution in [0.25, 0.3) is 0 Å². The summed E-state index contributed by atoms with van der Waals surface area (Å²) >= 11 is 4.54. The van der Waals surface area contributed by atoms with Crippen LogP contribution in [0.3, 0.4) is 0 Å². The highest BCUT2D eigenvalue weighted by Crippen LogP contribution is 2.45. The number of allylic oxidation sites excluding steroid dienone is 2. The molecule has 0 radical (unpaired) electrons. The van der Waals surface area contributed by atoms with Gasteiger partial charge in [-0.15, -0.1) is 28.1 Å². The molecular formula is C18H17N3O2S3. The Morgan fingerprint density at radius 3 is 3.00 bits per heavy atom. The number of hydrogen-bond donors (Lipinski definition) is 0. The lowest BCUT2D eigenvalue weighted by Gasteiger charge is -2.36. The van der Waals surface area contributed by atoms with Gasteiger partial charge in [-0.3, -0.25) is 14.5 Å². The van der Waals surface area contributed by atoms with Gasteiger partial charge >= 0.3 is 0 Å². The molecule has 1 aliphatic heterocycles. The second kappa shape index (κ2) is 7.46. The van der Waals surface area contributed by atoms with Crippen LogP contribution < -0.4 is 4.90 Å². The van der Waals surface area contributed by atoms with E-state index < -0.39 is 0 Å². The molecule has 2 aromatic rings. The second-order valence-corrected chi connectivity index (χ2v) is 9.29. The average Bonchev–Trinajstić information content (AvgIpc) is 3.31. The van der Waals surface area contributed by atoms with Crippen LogP contribution in [0.15, 0.2) is 45.8 Å². The zero-order valence-electron chi connectivity index (χ0n) is 14.0. The predicted molar refractivity (Wildman–Crippen MR) is 106 cm³/mol. The lowest BCUT2D eigenvalue weighted by molar-refractivity contribution is -0.119. The molecule has 1 amide bonds. The second-order valence-electron chi connectivity index (χ2n) is 6.09. The number of anilines is 1. The molecule has 3 heterocycles. The molecule has 2 aromatic heterocycles. The third-order valence-electron chi connectivity index (χ3n) is 4.47. The number of rotatable bonds is 5. The zero-order chi connectivity index (χ0) is 18.1. The van der Waals surface area contributed by atoms with Gasteiger partial charge in [0, 0.05) is 40.7 Å². The van der Waals surface area contributed by atoms with Crippen LogP contribution in [0.5, 0.6) is 0 Å². The summed E-state index contributed by atoms with van der Waals surface area (Å²) in [7, 11) is 0. The smallest absolute Gasteiger partial charge is 0.234 e. The Morgan fingerprint density at radius 2 is 2.23 bits per heavy atom. The van der Waals surface area contributed by atoms with E-state index in [9.17, 15) is 9.59 Å². The number of carbonyl (C=O) groups is 2. The van der Waals surface area contributed by atoms with E-state index in [0.717, 1.165) is 39.1 Å². The van der Waals surface area contributed by atoms with Gasteiger partial charge in [0.15, 0.2) is 10.1 Å². The van der Waals surface area contributed by atoms with E-state index in [1.807, 2.05) is 23.6 Å². The molecule has 1 aliphatic carbocycles. The van der Waals surface area contributed by atoms with Crippen molar-refractivity contribution in [2.24, 2.45) is 0 Å². The number of thioether (sulfide) groups is 1. The molecule has 0 fully saturated rings. The minimum atomic E-state index is -0.121. The van der Waals surface area contributed by atoms with Crippen molar-refractivity contribution in [2.75, 3.05) is 10.7 Å². The van der Waals surface area contributed by atoms with Gasteiger partial charge in [-0.25, -0.2) is 0 Å². The van der Waals surface area contributed by atoms with Crippen LogP contribution in [-0.2, 0) is 9.59 Å². The number of thiophene rings is 1. The molecule has 0 aromatic carbocycles. The van der Waals surface area contributed by atoms with Crippen molar-refractivity contribution >= 4 is 51.3 Å². The van der Waals surface area contributed by atoms with E-state index in [4.69, 9.17) is 0 Å². The molecule has 1 atom stereocenters. The number of aromatic nitrogens is 2. The van der Waals surface area contributed by atoms with Crippen molar-refractivity contribution in [3.63, 3.8) is 0 Å². The first-order valence-corrected chi connectivity index (χ1v) is 11.1. The van der Waals surface area contributed by atoms with Crippen molar-refractivity contribution in [2.45, 2.75) is 35.9 Å². The Kier molecular flexibility index (Phi) is 5.06.